The fraction of sp³-hybridized carbons (Fsp3) is 0.467. The predicted octanol–water partition coefficient (Wildman–Crippen LogP) is 1.70. The summed E-state index contributed by atoms with van der Waals surface area (Å²) >= 11 is 0. The highest BCUT2D eigenvalue weighted by atomic mass is 16.6. The molecular weight excluding hydrogens is 274 g/mol. The van der Waals surface area contributed by atoms with E-state index in [2.05, 4.69) is 5.32 Å². The predicted molar refractivity (Wildman–Crippen MR) is 76.9 cm³/mol. The first-order valence-electron chi connectivity index (χ1n) is 6.63. The molecule has 0 aliphatic rings. The lowest BCUT2D eigenvalue weighted by Gasteiger charge is -2.20. The molecule has 1 atom stereocenters. The van der Waals surface area contributed by atoms with Crippen LogP contribution < -0.4 is 5.32 Å². The number of carbonyl (C=O) groups excluding carboxylic acids is 1. The highest BCUT2D eigenvalue weighted by Crippen LogP contribution is 2.12. The SMILES string of the molecule is CC(C)(C)OC(=O)NCc1ccccc1CC(O)C(=O)O. The van der Waals surface area contributed by atoms with Crippen LogP contribution in [0.5, 0.6) is 0 Å². The van der Waals surface area contributed by atoms with Crippen molar-refractivity contribution in [2.45, 2.75) is 45.4 Å². The maximum atomic E-state index is 11.6. The van der Waals surface area contributed by atoms with E-state index in [1.807, 2.05) is 0 Å². The number of carbonyl (C=O) groups is 2. The van der Waals surface area contributed by atoms with Crippen molar-refractivity contribution in [3.05, 3.63) is 35.4 Å². The van der Waals surface area contributed by atoms with Gasteiger partial charge in [-0.25, -0.2) is 9.59 Å². The number of aliphatic hydroxyl groups excluding tert-OH is 1. The molecule has 1 unspecified atom stereocenters. The average molecular weight is 295 g/mol. The molecule has 0 bridgehead atoms. The van der Waals surface area contributed by atoms with E-state index < -0.39 is 23.8 Å². The molecule has 21 heavy (non-hydrogen) atoms. The first-order valence-corrected chi connectivity index (χ1v) is 6.63. The van der Waals surface area contributed by atoms with Crippen LogP contribution in [0.15, 0.2) is 24.3 Å². The van der Waals surface area contributed by atoms with E-state index in [1.54, 1.807) is 45.0 Å². The second kappa shape index (κ2) is 7.08. The number of rotatable bonds is 5. The number of nitrogens with one attached hydrogen (secondary N) is 1. The molecule has 1 rings (SSSR count). The fourth-order valence-corrected chi connectivity index (χ4v) is 1.71. The fourth-order valence-electron chi connectivity index (χ4n) is 1.71. The Morgan fingerprint density at radius 3 is 2.33 bits per heavy atom. The van der Waals surface area contributed by atoms with Crippen LogP contribution in [0.2, 0.25) is 0 Å². The van der Waals surface area contributed by atoms with Crippen LogP contribution in [0.1, 0.15) is 31.9 Å². The molecule has 0 radical (unpaired) electrons. The lowest BCUT2D eigenvalue weighted by molar-refractivity contribution is -0.146. The van der Waals surface area contributed by atoms with Gasteiger partial charge in [0.2, 0.25) is 0 Å². The number of carboxylic acids is 1. The number of aliphatic hydroxyl groups is 1. The van der Waals surface area contributed by atoms with Gasteiger partial charge in [-0.3, -0.25) is 0 Å². The van der Waals surface area contributed by atoms with Gasteiger partial charge in [0.25, 0.3) is 0 Å². The van der Waals surface area contributed by atoms with Gasteiger partial charge in [0, 0.05) is 13.0 Å². The largest absolute Gasteiger partial charge is 0.479 e. The molecule has 0 aromatic heterocycles. The molecular formula is C15H21NO5. The summed E-state index contributed by atoms with van der Waals surface area (Å²) in [5, 5.41) is 20.8. The van der Waals surface area contributed by atoms with E-state index in [-0.39, 0.29) is 13.0 Å². The molecule has 0 fully saturated rings. The highest BCUT2D eigenvalue weighted by molar-refractivity contribution is 5.72. The molecule has 0 aliphatic carbocycles. The van der Waals surface area contributed by atoms with Crippen LogP contribution in [0.25, 0.3) is 0 Å². The summed E-state index contributed by atoms with van der Waals surface area (Å²) in [6, 6.07) is 7.02. The number of alkyl carbamates (subject to hydrolysis) is 1. The average Bonchev–Trinajstić information content (AvgIpc) is 2.35. The molecule has 6 heteroatoms. The lowest BCUT2D eigenvalue weighted by Crippen LogP contribution is -2.32. The zero-order valence-corrected chi connectivity index (χ0v) is 12.4. The second-order valence-electron chi connectivity index (χ2n) is 5.68. The Morgan fingerprint density at radius 2 is 1.81 bits per heavy atom. The number of hydrogen-bond acceptors (Lipinski definition) is 4. The van der Waals surface area contributed by atoms with Crippen LogP contribution in [-0.2, 0) is 22.5 Å². The molecule has 6 nitrogen and oxygen atoms in total. The minimum absolute atomic E-state index is 0.0124. The molecule has 0 heterocycles. The number of carboxylic acid groups (broad SMARTS) is 1. The smallest absolute Gasteiger partial charge is 0.407 e. The Bertz CT molecular complexity index is 507. The highest BCUT2D eigenvalue weighted by Gasteiger charge is 2.18. The van der Waals surface area contributed by atoms with Crippen molar-refractivity contribution in [3.63, 3.8) is 0 Å². The van der Waals surface area contributed by atoms with E-state index >= 15 is 0 Å². The normalized spacial score (nSPS) is 12.6. The quantitative estimate of drug-likeness (QED) is 0.768. The zero-order valence-electron chi connectivity index (χ0n) is 12.4. The molecule has 0 aliphatic heterocycles. The van der Waals surface area contributed by atoms with Gasteiger partial charge in [-0.05, 0) is 31.9 Å². The van der Waals surface area contributed by atoms with E-state index in [0.29, 0.717) is 5.56 Å². The summed E-state index contributed by atoms with van der Waals surface area (Å²) in [5.74, 6) is -1.27. The van der Waals surface area contributed by atoms with Crippen LogP contribution in [0, 0.1) is 0 Å². The summed E-state index contributed by atoms with van der Waals surface area (Å²) in [6.45, 7) is 5.51. The van der Waals surface area contributed by atoms with Crippen molar-refractivity contribution in [1.29, 1.82) is 0 Å². The van der Waals surface area contributed by atoms with Gasteiger partial charge in [-0.2, -0.15) is 0 Å². The summed E-state index contributed by atoms with van der Waals surface area (Å²) in [6.07, 6.45) is -2.02. The van der Waals surface area contributed by atoms with Gasteiger partial charge in [0.05, 0.1) is 0 Å². The summed E-state index contributed by atoms with van der Waals surface area (Å²) in [5.41, 5.74) is 0.829. The van der Waals surface area contributed by atoms with E-state index in [1.165, 1.54) is 0 Å². The van der Waals surface area contributed by atoms with Crippen LogP contribution in [-0.4, -0.2) is 34.0 Å². The maximum Gasteiger partial charge on any atom is 0.407 e. The number of benzene rings is 1. The lowest BCUT2D eigenvalue weighted by atomic mass is 10.0. The van der Waals surface area contributed by atoms with Crippen LogP contribution in [0.3, 0.4) is 0 Å². The van der Waals surface area contributed by atoms with Crippen molar-refractivity contribution in [1.82, 2.24) is 5.32 Å². The van der Waals surface area contributed by atoms with E-state index in [4.69, 9.17) is 9.84 Å². The van der Waals surface area contributed by atoms with Gasteiger partial charge in [-0.15, -0.1) is 0 Å². The molecule has 0 saturated carbocycles. The Morgan fingerprint density at radius 1 is 1.24 bits per heavy atom. The number of amides is 1. The molecule has 1 aromatic carbocycles. The monoisotopic (exact) mass is 295 g/mol. The molecule has 0 saturated heterocycles. The minimum Gasteiger partial charge on any atom is -0.479 e. The summed E-state index contributed by atoms with van der Waals surface area (Å²) in [4.78, 5) is 22.3. The Labute approximate surface area is 123 Å². The Hall–Kier alpha value is -2.08. The first-order chi connectivity index (χ1) is 9.69. The standard InChI is InChI=1S/C15H21NO5/c1-15(2,3)21-14(20)16-9-11-7-5-4-6-10(11)8-12(17)13(18)19/h4-7,12,17H,8-9H2,1-3H3,(H,16,20)(H,18,19). The van der Waals surface area contributed by atoms with E-state index in [0.717, 1.165) is 5.56 Å². The van der Waals surface area contributed by atoms with Crippen molar-refractivity contribution in [3.8, 4) is 0 Å². The summed E-state index contributed by atoms with van der Waals surface area (Å²) in [7, 11) is 0. The number of hydrogen-bond donors (Lipinski definition) is 3. The molecule has 1 amide bonds. The Balaban J connectivity index is 2.67. The third-order valence-corrected chi connectivity index (χ3v) is 2.64. The third kappa shape index (κ3) is 6.27. The number of aliphatic carboxylic acids is 1. The number of ether oxygens (including phenoxy) is 1. The molecule has 0 spiro atoms. The van der Waals surface area contributed by atoms with Gasteiger partial charge >= 0.3 is 12.1 Å². The molecule has 116 valence electrons. The van der Waals surface area contributed by atoms with Gasteiger partial charge in [0.15, 0.2) is 6.10 Å². The maximum absolute atomic E-state index is 11.6. The van der Waals surface area contributed by atoms with Crippen LogP contribution >= 0.6 is 0 Å². The molecule has 1 aromatic rings. The van der Waals surface area contributed by atoms with Crippen LogP contribution in [0.4, 0.5) is 4.79 Å². The minimum atomic E-state index is -1.47. The van der Waals surface area contributed by atoms with Crippen molar-refractivity contribution >= 4 is 12.1 Å². The van der Waals surface area contributed by atoms with Gasteiger partial charge in [-0.1, -0.05) is 24.3 Å². The summed E-state index contributed by atoms with van der Waals surface area (Å²) < 4.78 is 5.13. The van der Waals surface area contributed by atoms with E-state index in [9.17, 15) is 14.7 Å². The first kappa shape index (κ1) is 17.0. The van der Waals surface area contributed by atoms with Crippen molar-refractivity contribution < 1.29 is 24.5 Å². The van der Waals surface area contributed by atoms with Crippen molar-refractivity contribution in [2.75, 3.05) is 0 Å². The van der Waals surface area contributed by atoms with Gasteiger partial charge < -0.3 is 20.3 Å². The topological polar surface area (TPSA) is 95.9 Å². The molecule has 3 N–H and O–H groups in total. The van der Waals surface area contributed by atoms with Crippen molar-refractivity contribution in [2.24, 2.45) is 0 Å². The Kier molecular flexibility index (Phi) is 5.72. The van der Waals surface area contributed by atoms with Gasteiger partial charge in [0.1, 0.15) is 5.60 Å². The zero-order chi connectivity index (χ0) is 16.0. The second-order valence-corrected chi connectivity index (χ2v) is 5.68. The third-order valence-electron chi connectivity index (χ3n) is 2.64.